The summed E-state index contributed by atoms with van der Waals surface area (Å²) in [6, 6.07) is 12.8. The Balaban J connectivity index is 1.77. The Labute approximate surface area is 181 Å². The number of halogens is 3. The molecule has 0 saturated heterocycles. The average Bonchev–Trinajstić information content (AvgIpc) is 2.69. The number of fused-ring (bicyclic) bond motifs is 2. The van der Waals surface area contributed by atoms with Crippen LogP contribution in [0.5, 0.6) is 0 Å². The van der Waals surface area contributed by atoms with Crippen molar-refractivity contribution < 1.29 is 18.3 Å². The highest BCUT2D eigenvalue weighted by Gasteiger charge is 2.57. The van der Waals surface area contributed by atoms with Crippen LogP contribution in [-0.2, 0) is 18.3 Å². The number of alkyl halides is 3. The van der Waals surface area contributed by atoms with Crippen molar-refractivity contribution >= 4 is 10.9 Å². The first-order valence-corrected chi connectivity index (χ1v) is 10.7. The molecule has 2 atom stereocenters. The second-order valence-corrected chi connectivity index (χ2v) is 9.38. The summed E-state index contributed by atoms with van der Waals surface area (Å²) in [5.41, 5.74) is 1.79. The Morgan fingerprint density at radius 1 is 1.06 bits per heavy atom. The van der Waals surface area contributed by atoms with E-state index in [2.05, 4.69) is 11.1 Å². The highest BCUT2D eigenvalue weighted by atomic mass is 19.4. The fourth-order valence-corrected chi connectivity index (χ4v) is 5.16. The van der Waals surface area contributed by atoms with E-state index in [1.807, 2.05) is 26.8 Å². The van der Waals surface area contributed by atoms with Gasteiger partial charge in [0, 0.05) is 18.0 Å². The molecular weight excluding hydrogens is 399 g/mol. The van der Waals surface area contributed by atoms with Crippen molar-refractivity contribution in [2.24, 2.45) is 0 Å². The lowest BCUT2D eigenvalue weighted by Crippen LogP contribution is -2.52. The van der Waals surface area contributed by atoms with Crippen molar-refractivity contribution in [3.8, 4) is 0 Å². The lowest BCUT2D eigenvalue weighted by atomic mass is 9.64. The molecule has 31 heavy (non-hydrogen) atoms. The zero-order chi connectivity index (χ0) is 22.4. The monoisotopic (exact) mass is 427 g/mol. The van der Waals surface area contributed by atoms with Gasteiger partial charge in [-0.05, 0) is 84.9 Å². The summed E-state index contributed by atoms with van der Waals surface area (Å²) < 4.78 is 43.1. The topological polar surface area (TPSA) is 33.1 Å². The molecule has 3 aromatic rings. The average molecular weight is 428 g/mol. The lowest BCUT2D eigenvalue weighted by molar-refractivity contribution is -0.267. The maximum atomic E-state index is 14.4. The van der Waals surface area contributed by atoms with Crippen molar-refractivity contribution in [1.82, 2.24) is 4.98 Å². The van der Waals surface area contributed by atoms with Crippen LogP contribution in [-0.4, -0.2) is 21.9 Å². The molecule has 0 bridgehead atoms. The number of benzene rings is 2. The van der Waals surface area contributed by atoms with Crippen molar-refractivity contribution in [2.75, 3.05) is 0 Å². The summed E-state index contributed by atoms with van der Waals surface area (Å²) in [6.07, 6.45) is -1.79. The van der Waals surface area contributed by atoms with Gasteiger partial charge in [0.05, 0.1) is 5.52 Å². The second-order valence-electron chi connectivity index (χ2n) is 9.38. The van der Waals surface area contributed by atoms with E-state index in [9.17, 15) is 18.3 Å². The van der Waals surface area contributed by atoms with Crippen molar-refractivity contribution in [1.29, 1.82) is 0 Å². The van der Waals surface area contributed by atoms with Crippen LogP contribution in [0.4, 0.5) is 13.2 Å². The van der Waals surface area contributed by atoms with Crippen LogP contribution in [0.1, 0.15) is 54.0 Å². The standard InChI is InChI=1S/C26H28F3NO/c1-17-13-19-7-6-11-24(3,22(19)14-18(17)2)16-25(31,26(27,28)29)15-20-10-12-30-23-9-5-4-8-21(20)23/h4-5,8-10,12-14,31H,6-7,11,15-16H2,1-3H3. The van der Waals surface area contributed by atoms with Gasteiger partial charge in [-0.3, -0.25) is 4.98 Å². The van der Waals surface area contributed by atoms with E-state index in [1.54, 1.807) is 30.3 Å². The third kappa shape index (κ3) is 3.96. The largest absolute Gasteiger partial charge is 0.417 e. The van der Waals surface area contributed by atoms with Gasteiger partial charge in [0.25, 0.3) is 0 Å². The second kappa shape index (κ2) is 7.63. The van der Waals surface area contributed by atoms with Gasteiger partial charge in [0.1, 0.15) is 0 Å². The highest BCUT2D eigenvalue weighted by Crippen LogP contribution is 2.48. The fourth-order valence-electron chi connectivity index (χ4n) is 5.16. The Bertz CT molecular complexity index is 1120. The minimum atomic E-state index is -4.75. The number of hydrogen-bond acceptors (Lipinski definition) is 2. The zero-order valence-electron chi connectivity index (χ0n) is 18.2. The molecule has 0 aliphatic heterocycles. The number of aromatic nitrogens is 1. The molecule has 0 saturated carbocycles. The van der Waals surface area contributed by atoms with Gasteiger partial charge in [-0.15, -0.1) is 0 Å². The third-order valence-electron chi connectivity index (χ3n) is 6.98. The van der Waals surface area contributed by atoms with Gasteiger partial charge in [0.2, 0.25) is 0 Å². The predicted molar refractivity (Wildman–Crippen MR) is 117 cm³/mol. The van der Waals surface area contributed by atoms with Gasteiger partial charge < -0.3 is 5.11 Å². The van der Waals surface area contributed by atoms with Gasteiger partial charge >= 0.3 is 6.18 Å². The van der Waals surface area contributed by atoms with Crippen molar-refractivity contribution in [3.05, 3.63) is 76.5 Å². The molecule has 1 aliphatic rings. The van der Waals surface area contributed by atoms with E-state index >= 15 is 0 Å². The van der Waals surface area contributed by atoms with E-state index in [4.69, 9.17) is 0 Å². The van der Waals surface area contributed by atoms with E-state index < -0.39 is 23.6 Å². The molecule has 2 nitrogen and oxygen atoms in total. The van der Waals surface area contributed by atoms with Crippen molar-refractivity contribution in [3.63, 3.8) is 0 Å². The Morgan fingerprint density at radius 2 is 1.77 bits per heavy atom. The zero-order valence-corrected chi connectivity index (χ0v) is 18.2. The highest BCUT2D eigenvalue weighted by molar-refractivity contribution is 5.81. The molecule has 1 aliphatic carbocycles. The maximum absolute atomic E-state index is 14.4. The molecule has 0 spiro atoms. The number of rotatable bonds is 4. The quantitative estimate of drug-likeness (QED) is 0.525. The first kappa shape index (κ1) is 21.8. The molecule has 1 N–H and O–H groups in total. The number of nitrogens with zero attached hydrogens (tertiary/aromatic N) is 1. The SMILES string of the molecule is Cc1cc2c(cc1C)C(C)(CC(O)(Cc1ccnc3ccccc13)C(F)(F)F)CCC2. The molecule has 0 radical (unpaired) electrons. The third-order valence-corrected chi connectivity index (χ3v) is 6.98. The van der Waals surface area contributed by atoms with E-state index in [-0.39, 0.29) is 6.42 Å². The van der Waals surface area contributed by atoms with Gasteiger partial charge in [0.15, 0.2) is 5.60 Å². The van der Waals surface area contributed by atoms with Crippen LogP contribution in [0, 0.1) is 13.8 Å². The number of aryl methyl sites for hydroxylation is 3. The number of hydrogen-bond donors (Lipinski definition) is 1. The molecule has 5 heteroatoms. The number of aliphatic hydroxyl groups is 1. The maximum Gasteiger partial charge on any atom is 0.417 e. The summed E-state index contributed by atoms with van der Waals surface area (Å²) in [5, 5.41) is 11.8. The molecular formula is C26H28F3NO. The number of para-hydroxylation sites is 1. The van der Waals surface area contributed by atoms with Gasteiger partial charge in [-0.2, -0.15) is 13.2 Å². The van der Waals surface area contributed by atoms with Crippen LogP contribution in [0.15, 0.2) is 48.7 Å². The Kier molecular flexibility index (Phi) is 5.37. The smallest absolute Gasteiger partial charge is 0.380 e. The molecule has 1 aromatic heterocycles. The van der Waals surface area contributed by atoms with E-state index in [1.165, 1.54) is 6.20 Å². The lowest BCUT2D eigenvalue weighted by Gasteiger charge is -2.43. The Morgan fingerprint density at radius 3 is 2.52 bits per heavy atom. The van der Waals surface area contributed by atoms with Crippen LogP contribution < -0.4 is 0 Å². The molecule has 0 fully saturated rings. The van der Waals surface area contributed by atoms with Crippen LogP contribution >= 0.6 is 0 Å². The van der Waals surface area contributed by atoms with Crippen LogP contribution in [0.3, 0.4) is 0 Å². The molecule has 164 valence electrons. The van der Waals surface area contributed by atoms with Gasteiger partial charge in [-0.25, -0.2) is 0 Å². The molecule has 1 heterocycles. The fraction of sp³-hybridized carbons (Fsp3) is 0.423. The summed E-state index contributed by atoms with van der Waals surface area (Å²) >= 11 is 0. The van der Waals surface area contributed by atoms with E-state index in [0.717, 1.165) is 35.1 Å². The summed E-state index contributed by atoms with van der Waals surface area (Å²) in [6.45, 7) is 5.90. The number of pyridine rings is 1. The van der Waals surface area contributed by atoms with Gasteiger partial charge in [-0.1, -0.05) is 37.3 Å². The summed E-state index contributed by atoms with van der Waals surface area (Å²) in [7, 11) is 0. The summed E-state index contributed by atoms with van der Waals surface area (Å²) in [4.78, 5) is 4.25. The molecule has 2 unspecified atom stereocenters. The van der Waals surface area contributed by atoms with Crippen molar-refractivity contribution in [2.45, 2.75) is 70.1 Å². The van der Waals surface area contributed by atoms with Crippen LogP contribution in [0.25, 0.3) is 10.9 Å². The Hall–Kier alpha value is -2.40. The molecule has 4 rings (SSSR count). The normalized spacial score (nSPS) is 21.0. The minimum Gasteiger partial charge on any atom is -0.380 e. The predicted octanol–water partition coefficient (Wildman–Crippen LogP) is 6.37. The first-order chi connectivity index (χ1) is 14.5. The minimum absolute atomic E-state index is 0.365. The molecule has 2 aromatic carbocycles. The summed E-state index contributed by atoms with van der Waals surface area (Å²) in [5.74, 6) is 0. The molecule has 0 amide bonds. The van der Waals surface area contributed by atoms with E-state index in [0.29, 0.717) is 22.9 Å². The van der Waals surface area contributed by atoms with Crippen LogP contribution in [0.2, 0.25) is 0 Å². The first-order valence-electron chi connectivity index (χ1n) is 10.7.